The SMILES string of the molecule is Cc1c(C(=O)NCCC(C)C)[nH]c2ccccc12. The molecule has 0 saturated heterocycles. The molecule has 0 fully saturated rings. The van der Waals surface area contributed by atoms with Crippen molar-refractivity contribution in [3.63, 3.8) is 0 Å². The lowest BCUT2D eigenvalue weighted by atomic mass is 10.1. The number of para-hydroxylation sites is 1. The third-order valence-corrected chi connectivity index (χ3v) is 3.20. The summed E-state index contributed by atoms with van der Waals surface area (Å²) in [6.45, 7) is 7.02. The predicted octanol–water partition coefficient (Wildman–Crippen LogP) is 3.25. The summed E-state index contributed by atoms with van der Waals surface area (Å²) in [5.74, 6) is 0.596. The lowest BCUT2D eigenvalue weighted by molar-refractivity contribution is 0.0947. The number of rotatable bonds is 4. The van der Waals surface area contributed by atoms with Crippen LogP contribution in [0.2, 0.25) is 0 Å². The summed E-state index contributed by atoms with van der Waals surface area (Å²) in [6.07, 6.45) is 1.00. The van der Waals surface area contributed by atoms with Gasteiger partial charge in [-0.15, -0.1) is 0 Å². The van der Waals surface area contributed by atoms with E-state index < -0.39 is 0 Å². The molecule has 3 nitrogen and oxygen atoms in total. The molecule has 0 spiro atoms. The molecule has 0 saturated carbocycles. The van der Waals surface area contributed by atoms with Crippen LogP contribution in [-0.4, -0.2) is 17.4 Å². The summed E-state index contributed by atoms with van der Waals surface area (Å²) in [7, 11) is 0. The molecule has 0 aliphatic carbocycles. The Bertz CT molecular complexity index is 555. The van der Waals surface area contributed by atoms with E-state index in [1.54, 1.807) is 0 Å². The van der Waals surface area contributed by atoms with E-state index in [1.807, 2.05) is 31.2 Å². The molecule has 18 heavy (non-hydrogen) atoms. The molecule has 0 unspecified atom stereocenters. The molecule has 2 aromatic rings. The van der Waals surface area contributed by atoms with E-state index in [9.17, 15) is 4.79 Å². The van der Waals surface area contributed by atoms with Crippen LogP contribution in [0.3, 0.4) is 0 Å². The lowest BCUT2D eigenvalue weighted by Gasteiger charge is -2.06. The standard InChI is InChI=1S/C15H20N2O/c1-10(2)8-9-16-15(18)14-11(3)12-6-4-5-7-13(12)17-14/h4-7,10,17H,8-9H2,1-3H3,(H,16,18). The number of benzene rings is 1. The van der Waals surface area contributed by atoms with Gasteiger partial charge in [0.15, 0.2) is 0 Å². The van der Waals surface area contributed by atoms with Crippen LogP contribution in [0.15, 0.2) is 24.3 Å². The first kappa shape index (κ1) is 12.7. The minimum atomic E-state index is -0.00986. The quantitative estimate of drug-likeness (QED) is 0.852. The molecule has 1 heterocycles. The van der Waals surface area contributed by atoms with E-state index in [0.29, 0.717) is 11.6 Å². The van der Waals surface area contributed by atoms with Gasteiger partial charge < -0.3 is 10.3 Å². The zero-order chi connectivity index (χ0) is 13.1. The van der Waals surface area contributed by atoms with Gasteiger partial charge in [0.05, 0.1) is 0 Å². The molecule has 2 rings (SSSR count). The van der Waals surface area contributed by atoms with Gasteiger partial charge in [0.1, 0.15) is 5.69 Å². The fraction of sp³-hybridized carbons (Fsp3) is 0.400. The van der Waals surface area contributed by atoms with Crippen LogP contribution in [-0.2, 0) is 0 Å². The van der Waals surface area contributed by atoms with Crippen LogP contribution >= 0.6 is 0 Å². The highest BCUT2D eigenvalue weighted by molar-refractivity contribution is 6.00. The Hall–Kier alpha value is -1.77. The van der Waals surface area contributed by atoms with Crippen LogP contribution in [0.4, 0.5) is 0 Å². The van der Waals surface area contributed by atoms with E-state index >= 15 is 0 Å². The summed E-state index contributed by atoms with van der Waals surface area (Å²) < 4.78 is 0. The molecular weight excluding hydrogens is 224 g/mol. The fourth-order valence-corrected chi connectivity index (χ4v) is 2.07. The van der Waals surface area contributed by atoms with Crippen molar-refractivity contribution in [3.05, 3.63) is 35.5 Å². The Morgan fingerprint density at radius 1 is 1.33 bits per heavy atom. The van der Waals surface area contributed by atoms with E-state index in [0.717, 1.165) is 29.4 Å². The Balaban J connectivity index is 2.15. The molecule has 0 aliphatic heterocycles. The van der Waals surface area contributed by atoms with Gasteiger partial charge in [0.2, 0.25) is 0 Å². The maximum absolute atomic E-state index is 12.1. The largest absolute Gasteiger partial charge is 0.351 e. The van der Waals surface area contributed by atoms with Crippen molar-refractivity contribution in [2.24, 2.45) is 5.92 Å². The van der Waals surface area contributed by atoms with Crippen molar-refractivity contribution in [1.29, 1.82) is 0 Å². The number of aryl methyl sites for hydroxylation is 1. The van der Waals surface area contributed by atoms with Crippen molar-refractivity contribution in [1.82, 2.24) is 10.3 Å². The topological polar surface area (TPSA) is 44.9 Å². The average Bonchev–Trinajstić information content (AvgIpc) is 2.67. The zero-order valence-corrected chi connectivity index (χ0v) is 11.2. The maximum Gasteiger partial charge on any atom is 0.268 e. The minimum absolute atomic E-state index is 0.00986. The minimum Gasteiger partial charge on any atom is -0.351 e. The molecule has 0 bridgehead atoms. The van der Waals surface area contributed by atoms with Crippen LogP contribution in [0.1, 0.15) is 36.3 Å². The van der Waals surface area contributed by atoms with E-state index in [-0.39, 0.29) is 5.91 Å². The lowest BCUT2D eigenvalue weighted by Crippen LogP contribution is -2.26. The van der Waals surface area contributed by atoms with E-state index in [1.165, 1.54) is 0 Å². The number of aromatic nitrogens is 1. The van der Waals surface area contributed by atoms with Crippen molar-refractivity contribution in [2.45, 2.75) is 27.2 Å². The monoisotopic (exact) mass is 244 g/mol. The third kappa shape index (κ3) is 2.55. The molecule has 0 aliphatic rings. The first-order valence-corrected chi connectivity index (χ1v) is 6.45. The van der Waals surface area contributed by atoms with Crippen LogP contribution in [0, 0.1) is 12.8 Å². The second kappa shape index (κ2) is 5.25. The van der Waals surface area contributed by atoms with Gasteiger partial charge >= 0.3 is 0 Å². The van der Waals surface area contributed by atoms with Gasteiger partial charge in [-0.25, -0.2) is 0 Å². The van der Waals surface area contributed by atoms with E-state index in [4.69, 9.17) is 0 Å². The maximum atomic E-state index is 12.1. The van der Waals surface area contributed by atoms with Crippen molar-refractivity contribution in [3.8, 4) is 0 Å². The highest BCUT2D eigenvalue weighted by Gasteiger charge is 2.13. The Labute approximate surface area is 108 Å². The molecule has 1 amide bonds. The van der Waals surface area contributed by atoms with Crippen molar-refractivity contribution in [2.75, 3.05) is 6.54 Å². The van der Waals surface area contributed by atoms with Crippen LogP contribution in [0.5, 0.6) is 0 Å². The van der Waals surface area contributed by atoms with Gasteiger partial charge in [0, 0.05) is 17.4 Å². The van der Waals surface area contributed by atoms with Crippen LogP contribution < -0.4 is 5.32 Å². The third-order valence-electron chi connectivity index (χ3n) is 3.20. The predicted molar refractivity (Wildman–Crippen MR) is 74.8 cm³/mol. The molecule has 2 N–H and O–H groups in total. The smallest absolute Gasteiger partial charge is 0.268 e. The number of aromatic amines is 1. The average molecular weight is 244 g/mol. The summed E-state index contributed by atoms with van der Waals surface area (Å²) in [5.41, 5.74) is 2.72. The van der Waals surface area contributed by atoms with Gasteiger partial charge in [0.25, 0.3) is 5.91 Å². The first-order chi connectivity index (χ1) is 8.59. The summed E-state index contributed by atoms with van der Waals surface area (Å²) in [5, 5.41) is 4.08. The molecule has 0 atom stereocenters. The number of carbonyl (C=O) groups excluding carboxylic acids is 1. The van der Waals surface area contributed by atoms with Crippen LogP contribution in [0.25, 0.3) is 10.9 Å². The Morgan fingerprint density at radius 2 is 2.06 bits per heavy atom. The molecule has 3 heteroatoms. The Kier molecular flexibility index (Phi) is 3.70. The summed E-state index contributed by atoms with van der Waals surface area (Å²) in [6, 6.07) is 7.99. The number of nitrogens with one attached hydrogen (secondary N) is 2. The molecule has 96 valence electrons. The summed E-state index contributed by atoms with van der Waals surface area (Å²) >= 11 is 0. The normalized spacial score (nSPS) is 11.1. The summed E-state index contributed by atoms with van der Waals surface area (Å²) in [4.78, 5) is 15.3. The second-order valence-corrected chi connectivity index (χ2v) is 5.11. The zero-order valence-electron chi connectivity index (χ0n) is 11.2. The van der Waals surface area contributed by atoms with Crippen molar-refractivity contribution < 1.29 is 4.79 Å². The van der Waals surface area contributed by atoms with Gasteiger partial charge in [-0.1, -0.05) is 32.0 Å². The van der Waals surface area contributed by atoms with Crippen molar-refractivity contribution >= 4 is 16.8 Å². The fourth-order valence-electron chi connectivity index (χ4n) is 2.07. The highest BCUT2D eigenvalue weighted by Crippen LogP contribution is 2.21. The van der Waals surface area contributed by atoms with Gasteiger partial charge in [-0.05, 0) is 30.9 Å². The number of amides is 1. The number of H-pyrrole nitrogens is 1. The number of carbonyl (C=O) groups is 1. The number of fused-ring (bicyclic) bond motifs is 1. The first-order valence-electron chi connectivity index (χ1n) is 6.45. The second-order valence-electron chi connectivity index (χ2n) is 5.11. The Morgan fingerprint density at radius 3 is 2.72 bits per heavy atom. The highest BCUT2D eigenvalue weighted by atomic mass is 16.1. The van der Waals surface area contributed by atoms with E-state index in [2.05, 4.69) is 24.1 Å². The van der Waals surface area contributed by atoms with Gasteiger partial charge in [-0.3, -0.25) is 4.79 Å². The molecular formula is C15H20N2O. The molecule has 1 aromatic carbocycles. The van der Waals surface area contributed by atoms with Gasteiger partial charge in [-0.2, -0.15) is 0 Å². The molecule has 1 aromatic heterocycles. The number of hydrogen-bond acceptors (Lipinski definition) is 1. The molecule has 0 radical (unpaired) electrons. The number of hydrogen-bond donors (Lipinski definition) is 2.